The van der Waals surface area contributed by atoms with Crippen LogP contribution in [0.15, 0.2) is 18.2 Å². The van der Waals surface area contributed by atoms with Crippen molar-refractivity contribution in [2.24, 2.45) is 5.41 Å². The summed E-state index contributed by atoms with van der Waals surface area (Å²) in [5, 5.41) is 3.56. The molecule has 1 saturated heterocycles. The molecule has 0 radical (unpaired) electrons. The summed E-state index contributed by atoms with van der Waals surface area (Å²) >= 11 is 0. The van der Waals surface area contributed by atoms with Crippen LogP contribution in [-0.2, 0) is 20.9 Å². The number of unbranched alkanes of at least 4 members (excludes halogenated alkanes) is 1. The van der Waals surface area contributed by atoms with E-state index in [1.165, 1.54) is 16.9 Å². The normalized spacial score (nSPS) is 23.5. The van der Waals surface area contributed by atoms with E-state index in [4.69, 9.17) is 9.47 Å². The Bertz CT molecular complexity index is 757. The first-order chi connectivity index (χ1) is 14.1. The van der Waals surface area contributed by atoms with Crippen LogP contribution in [0.5, 0.6) is 5.75 Å². The minimum absolute atomic E-state index is 0.0339. The standard InChI is InChI=1S/C23H32N2O4/c1-28-20-9-7-8-17-18(20)15-29-16-19(17)24-12-5-6-13-25-21(26)14-23(22(25)27)10-3-2-4-11-23/h7-9,19,24H,2-6,10-16H2,1H3. The number of imide groups is 1. The van der Waals surface area contributed by atoms with Gasteiger partial charge in [0, 0.05) is 18.5 Å². The minimum Gasteiger partial charge on any atom is -0.496 e. The van der Waals surface area contributed by atoms with E-state index >= 15 is 0 Å². The lowest BCUT2D eigenvalue weighted by Gasteiger charge is -2.30. The Kier molecular flexibility index (Phi) is 6.20. The third-order valence-corrected chi connectivity index (χ3v) is 6.79. The first kappa shape index (κ1) is 20.4. The number of ether oxygens (including phenoxy) is 2. The Hall–Kier alpha value is -1.92. The van der Waals surface area contributed by atoms with Crippen LogP contribution in [-0.4, -0.2) is 43.5 Å². The largest absolute Gasteiger partial charge is 0.496 e. The van der Waals surface area contributed by atoms with Crippen molar-refractivity contribution in [3.63, 3.8) is 0 Å². The monoisotopic (exact) mass is 400 g/mol. The van der Waals surface area contributed by atoms with E-state index in [0.29, 0.717) is 26.2 Å². The van der Waals surface area contributed by atoms with Crippen molar-refractivity contribution >= 4 is 11.8 Å². The van der Waals surface area contributed by atoms with Crippen LogP contribution in [0.1, 0.15) is 68.5 Å². The SMILES string of the molecule is COc1cccc2c1COCC2NCCCCN1C(=O)CC2(CCCCC2)C1=O. The summed E-state index contributed by atoms with van der Waals surface area (Å²) in [6.45, 7) is 2.60. The van der Waals surface area contributed by atoms with E-state index < -0.39 is 0 Å². The van der Waals surface area contributed by atoms with E-state index in [1.807, 2.05) is 12.1 Å². The Balaban J connectivity index is 1.25. The Morgan fingerprint density at radius 1 is 1.21 bits per heavy atom. The number of carbonyl (C=O) groups is 2. The molecule has 1 unspecified atom stereocenters. The number of rotatable bonds is 7. The van der Waals surface area contributed by atoms with E-state index in [9.17, 15) is 9.59 Å². The predicted molar refractivity (Wildman–Crippen MR) is 109 cm³/mol. The molecule has 1 spiro atoms. The van der Waals surface area contributed by atoms with Gasteiger partial charge in [-0.1, -0.05) is 31.4 Å². The highest BCUT2D eigenvalue weighted by molar-refractivity contribution is 6.05. The van der Waals surface area contributed by atoms with E-state index in [1.54, 1.807) is 7.11 Å². The number of fused-ring (bicyclic) bond motifs is 1. The number of hydrogen-bond acceptors (Lipinski definition) is 5. The molecule has 0 aromatic heterocycles. The van der Waals surface area contributed by atoms with Crippen LogP contribution in [0.25, 0.3) is 0 Å². The molecule has 1 atom stereocenters. The van der Waals surface area contributed by atoms with E-state index in [2.05, 4.69) is 11.4 Å². The maximum atomic E-state index is 12.9. The van der Waals surface area contributed by atoms with Gasteiger partial charge in [0.25, 0.3) is 0 Å². The fraction of sp³-hybridized carbons (Fsp3) is 0.652. The molecular weight excluding hydrogens is 368 g/mol. The zero-order valence-corrected chi connectivity index (χ0v) is 17.4. The van der Waals surface area contributed by atoms with Crippen molar-refractivity contribution in [3.8, 4) is 5.75 Å². The molecular formula is C23H32N2O4. The van der Waals surface area contributed by atoms with Gasteiger partial charge in [-0.2, -0.15) is 0 Å². The zero-order valence-electron chi connectivity index (χ0n) is 17.4. The molecule has 2 aliphatic heterocycles. The molecule has 1 aromatic carbocycles. The molecule has 4 rings (SSSR count). The molecule has 3 aliphatic rings. The molecule has 29 heavy (non-hydrogen) atoms. The summed E-state index contributed by atoms with van der Waals surface area (Å²) in [6.07, 6.45) is 7.30. The minimum atomic E-state index is -0.365. The highest BCUT2D eigenvalue weighted by Crippen LogP contribution is 2.45. The maximum Gasteiger partial charge on any atom is 0.235 e. The van der Waals surface area contributed by atoms with Gasteiger partial charge in [0.15, 0.2) is 0 Å². The maximum absolute atomic E-state index is 12.9. The molecule has 2 amide bonds. The molecule has 1 aliphatic carbocycles. The Morgan fingerprint density at radius 3 is 2.83 bits per heavy atom. The van der Waals surface area contributed by atoms with Crippen molar-refractivity contribution in [2.75, 3.05) is 26.8 Å². The number of benzene rings is 1. The lowest BCUT2D eigenvalue weighted by Crippen LogP contribution is -2.37. The fourth-order valence-electron chi connectivity index (χ4n) is 5.17. The second-order valence-corrected chi connectivity index (χ2v) is 8.63. The topological polar surface area (TPSA) is 67.9 Å². The predicted octanol–water partition coefficient (Wildman–Crippen LogP) is 3.35. The average Bonchev–Trinajstić information content (AvgIpc) is 2.97. The van der Waals surface area contributed by atoms with Crippen molar-refractivity contribution in [1.82, 2.24) is 10.2 Å². The highest BCUT2D eigenvalue weighted by Gasteiger charge is 2.51. The number of nitrogens with zero attached hydrogens (tertiary/aromatic N) is 1. The number of nitrogens with one attached hydrogen (secondary N) is 1. The number of methoxy groups -OCH3 is 1. The van der Waals surface area contributed by atoms with Crippen LogP contribution < -0.4 is 10.1 Å². The second kappa shape index (κ2) is 8.84. The molecule has 1 aromatic rings. The third kappa shape index (κ3) is 4.05. The molecule has 158 valence electrons. The van der Waals surface area contributed by atoms with Gasteiger partial charge in [-0.05, 0) is 43.9 Å². The average molecular weight is 401 g/mol. The van der Waals surface area contributed by atoms with Crippen molar-refractivity contribution in [2.45, 2.75) is 64.0 Å². The van der Waals surface area contributed by atoms with Crippen LogP contribution in [0.4, 0.5) is 0 Å². The third-order valence-electron chi connectivity index (χ3n) is 6.79. The summed E-state index contributed by atoms with van der Waals surface area (Å²) in [5.74, 6) is 1.00. The van der Waals surface area contributed by atoms with Crippen LogP contribution >= 0.6 is 0 Å². The van der Waals surface area contributed by atoms with Gasteiger partial charge in [-0.3, -0.25) is 14.5 Å². The summed E-state index contributed by atoms with van der Waals surface area (Å²) in [6, 6.07) is 6.26. The number of hydrogen-bond donors (Lipinski definition) is 1. The summed E-state index contributed by atoms with van der Waals surface area (Å²) in [5.41, 5.74) is 1.99. The van der Waals surface area contributed by atoms with E-state index in [-0.39, 0.29) is 23.3 Å². The quantitative estimate of drug-likeness (QED) is 0.562. The molecule has 2 heterocycles. The molecule has 1 N–H and O–H groups in total. The Labute approximate surface area is 172 Å². The molecule has 0 bridgehead atoms. The number of carbonyl (C=O) groups excluding carboxylic acids is 2. The van der Waals surface area contributed by atoms with Gasteiger partial charge >= 0.3 is 0 Å². The summed E-state index contributed by atoms with van der Waals surface area (Å²) < 4.78 is 11.2. The summed E-state index contributed by atoms with van der Waals surface area (Å²) in [4.78, 5) is 26.8. The van der Waals surface area contributed by atoms with Crippen LogP contribution in [0, 0.1) is 5.41 Å². The molecule has 6 nitrogen and oxygen atoms in total. The lowest BCUT2D eigenvalue weighted by molar-refractivity contribution is -0.142. The van der Waals surface area contributed by atoms with Gasteiger partial charge < -0.3 is 14.8 Å². The molecule has 1 saturated carbocycles. The van der Waals surface area contributed by atoms with Gasteiger partial charge in [0.05, 0.1) is 31.8 Å². The van der Waals surface area contributed by atoms with Gasteiger partial charge in [0.2, 0.25) is 11.8 Å². The lowest BCUT2D eigenvalue weighted by atomic mass is 9.73. The second-order valence-electron chi connectivity index (χ2n) is 8.63. The van der Waals surface area contributed by atoms with E-state index in [0.717, 1.165) is 56.4 Å². The number of likely N-dealkylation sites (tertiary alicyclic amines) is 1. The molecule has 6 heteroatoms. The molecule has 2 fully saturated rings. The van der Waals surface area contributed by atoms with Crippen molar-refractivity contribution in [1.29, 1.82) is 0 Å². The van der Waals surface area contributed by atoms with Gasteiger partial charge in [-0.15, -0.1) is 0 Å². The van der Waals surface area contributed by atoms with Crippen molar-refractivity contribution < 1.29 is 19.1 Å². The van der Waals surface area contributed by atoms with Crippen LogP contribution in [0.2, 0.25) is 0 Å². The zero-order chi connectivity index (χ0) is 20.3. The number of amides is 2. The fourth-order valence-corrected chi connectivity index (χ4v) is 5.17. The van der Waals surface area contributed by atoms with Crippen molar-refractivity contribution in [3.05, 3.63) is 29.3 Å². The summed E-state index contributed by atoms with van der Waals surface area (Å²) in [7, 11) is 1.69. The van der Waals surface area contributed by atoms with Crippen LogP contribution in [0.3, 0.4) is 0 Å². The van der Waals surface area contributed by atoms with Gasteiger partial charge in [0.1, 0.15) is 5.75 Å². The first-order valence-electron chi connectivity index (χ1n) is 11.0. The first-order valence-corrected chi connectivity index (χ1v) is 11.0. The smallest absolute Gasteiger partial charge is 0.235 e. The Morgan fingerprint density at radius 2 is 2.03 bits per heavy atom. The van der Waals surface area contributed by atoms with Gasteiger partial charge in [-0.25, -0.2) is 0 Å². The highest BCUT2D eigenvalue weighted by atomic mass is 16.5.